The molecule has 4 aliphatic rings. The average molecular weight is 427 g/mol. The van der Waals surface area contributed by atoms with E-state index in [1.165, 1.54) is 19.3 Å². The van der Waals surface area contributed by atoms with Crippen molar-refractivity contribution >= 4 is 46.7 Å². The van der Waals surface area contributed by atoms with Crippen LogP contribution in [0.15, 0.2) is 24.3 Å². The molecule has 5 rings (SSSR count). The average Bonchev–Trinajstić information content (AvgIpc) is 2.63. The Balaban J connectivity index is 0.000000178. The molecule has 1 aromatic rings. The molecule has 9 heteroatoms. The fourth-order valence-electron chi connectivity index (χ4n) is 3.21. The maximum absolute atomic E-state index is 10.1. The molecule has 0 spiro atoms. The molecule has 6 nitrogen and oxygen atoms in total. The van der Waals surface area contributed by atoms with Gasteiger partial charge in [-0.15, -0.1) is 41.2 Å². The Labute approximate surface area is 171 Å². The van der Waals surface area contributed by atoms with Gasteiger partial charge in [0.25, 0.3) is 11.4 Å². The van der Waals surface area contributed by atoms with Crippen LogP contribution >= 0.6 is 35.3 Å². The van der Waals surface area contributed by atoms with Crippen molar-refractivity contribution in [3.8, 4) is 11.8 Å². The Morgan fingerprint density at radius 3 is 1.48 bits per heavy atom. The van der Waals surface area contributed by atoms with E-state index in [1.54, 1.807) is 0 Å². The predicted octanol–water partition coefficient (Wildman–Crippen LogP) is 5.91. The Hall–Kier alpha value is -1.37. The van der Waals surface area contributed by atoms with Gasteiger partial charge >= 0.3 is 0 Å². The molecule has 4 fully saturated rings. The summed E-state index contributed by atoms with van der Waals surface area (Å²) in [7, 11) is 0. The summed E-state index contributed by atoms with van der Waals surface area (Å²) in [5.74, 6) is 6.65. The lowest BCUT2D eigenvalue weighted by Crippen LogP contribution is -2.43. The summed E-state index contributed by atoms with van der Waals surface area (Å²) in [6.07, 6.45) is 4.03. The van der Waals surface area contributed by atoms with Crippen LogP contribution in [0, 0.1) is 37.5 Å². The standard InChI is InChI=1S/C10H12S3.C6H4N2O4.C2H6/c1-2-3-10-4-7-11-8(5-10)13-9(6-10)12-7;9-7(10)5-1-2-6(4-3-5)8(11)12;1-2/h7-9H,4-6H2,1H3;1-4H;1-2H3. The quantitative estimate of drug-likeness (QED) is 0.330. The number of nitrogens with zero attached hydrogens (tertiary/aromatic N) is 2. The van der Waals surface area contributed by atoms with Crippen molar-refractivity contribution in [2.24, 2.45) is 5.41 Å². The van der Waals surface area contributed by atoms with Gasteiger partial charge in [-0.25, -0.2) is 0 Å². The molecule has 4 bridgehead atoms. The number of nitro benzene ring substituents is 2. The third-order valence-electron chi connectivity index (χ3n) is 4.24. The smallest absolute Gasteiger partial charge is 0.258 e. The van der Waals surface area contributed by atoms with E-state index in [9.17, 15) is 20.2 Å². The third kappa shape index (κ3) is 5.56. The van der Waals surface area contributed by atoms with E-state index in [4.69, 9.17) is 0 Å². The highest BCUT2D eigenvalue weighted by Crippen LogP contribution is 2.66. The zero-order valence-corrected chi connectivity index (χ0v) is 17.9. The second-order valence-corrected chi connectivity index (χ2v) is 11.1. The molecule has 4 saturated heterocycles. The van der Waals surface area contributed by atoms with E-state index in [0.717, 1.165) is 38.0 Å². The van der Waals surface area contributed by atoms with Gasteiger partial charge in [-0.3, -0.25) is 20.2 Å². The summed E-state index contributed by atoms with van der Waals surface area (Å²) < 4.78 is 2.58. The Morgan fingerprint density at radius 2 is 1.22 bits per heavy atom. The van der Waals surface area contributed by atoms with Crippen molar-refractivity contribution in [3.63, 3.8) is 0 Å². The highest BCUT2D eigenvalue weighted by molar-refractivity contribution is 8.33. The summed E-state index contributed by atoms with van der Waals surface area (Å²) >= 11 is 6.57. The molecule has 0 N–H and O–H groups in total. The van der Waals surface area contributed by atoms with Crippen LogP contribution < -0.4 is 0 Å². The van der Waals surface area contributed by atoms with Crippen LogP contribution in [0.25, 0.3) is 0 Å². The maximum Gasteiger partial charge on any atom is 0.269 e. The van der Waals surface area contributed by atoms with Gasteiger partial charge in [-0.2, -0.15) is 0 Å². The molecule has 4 aliphatic heterocycles. The first-order chi connectivity index (χ1) is 12.9. The van der Waals surface area contributed by atoms with Gasteiger partial charge in [0, 0.05) is 29.7 Å². The Bertz CT molecular complexity index is 675. The number of nitro groups is 2. The lowest BCUT2D eigenvalue weighted by molar-refractivity contribution is -0.389. The molecule has 146 valence electrons. The molecule has 0 radical (unpaired) electrons. The summed E-state index contributed by atoms with van der Waals surface area (Å²) in [6, 6.07) is 4.38. The van der Waals surface area contributed by atoms with Crippen LogP contribution in [-0.4, -0.2) is 23.6 Å². The predicted molar refractivity (Wildman–Crippen MR) is 115 cm³/mol. The number of non-ortho nitro benzene ring substituents is 2. The van der Waals surface area contributed by atoms with Crippen molar-refractivity contribution < 1.29 is 9.85 Å². The summed E-state index contributed by atoms with van der Waals surface area (Å²) in [5.41, 5.74) is 0.123. The van der Waals surface area contributed by atoms with Crippen LogP contribution in [0.1, 0.15) is 40.0 Å². The number of rotatable bonds is 2. The molecule has 27 heavy (non-hydrogen) atoms. The molecule has 0 aromatic heterocycles. The molecule has 1 aromatic carbocycles. The second-order valence-electron chi connectivity index (χ2n) is 6.00. The van der Waals surface area contributed by atoms with Gasteiger partial charge in [-0.05, 0) is 26.2 Å². The fourth-order valence-corrected chi connectivity index (χ4v) is 10.5. The van der Waals surface area contributed by atoms with Crippen molar-refractivity contribution in [3.05, 3.63) is 44.5 Å². The minimum Gasteiger partial charge on any atom is -0.258 e. The molecular weight excluding hydrogens is 404 g/mol. The zero-order chi connectivity index (χ0) is 20.0. The highest BCUT2D eigenvalue weighted by atomic mass is 32.3. The second kappa shape index (κ2) is 9.71. The first-order valence-electron chi connectivity index (χ1n) is 8.70. The first kappa shape index (κ1) is 21.9. The van der Waals surface area contributed by atoms with Crippen molar-refractivity contribution in [1.82, 2.24) is 0 Å². The van der Waals surface area contributed by atoms with E-state index >= 15 is 0 Å². The van der Waals surface area contributed by atoms with Crippen LogP contribution in [0.2, 0.25) is 0 Å². The van der Waals surface area contributed by atoms with Gasteiger partial charge in [0.2, 0.25) is 0 Å². The minimum absolute atomic E-state index is 0.152. The maximum atomic E-state index is 10.1. The topological polar surface area (TPSA) is 86.3 Å². The van der Waals surface area contributed by atoms with Gasteiger partial charge in [0.05, 0.1) is 23.6 Å². The van der Waals surface area contributed by atoms with E-state index in [1.807, 2.05) is 20.8 Å². The van der Waals surface area contributed by atoms with Crippen molar-refractivity contribution in [2.45, 2.75) is 53.8 Å². The number of benzene rings is 1. The van der Waals surface area contributed by atoms with E-state index in [0.29, 0.717) is 5.41 Å². The minimum atomic E-state index is -0.607. The van der Waals surface area contributed by atoms with Gasteiger partial charge in [-0.1, -0.05) is 19.8 Å². The molecule has 0 amide bonds. The van der Waals surface area contributed by atoms with Gasteiger partial charge < -0.3 is 0 Å². The zero-order valence-electron chi connectivity index (χ0n) is 15.4. The highest BCUT2D eigenvalue weighted by Gasteiger charge is 2.51. The Morgan fingerprint density at radius 1 is 0.889 bits per heavy atom. The van der Waals surface area contributed by atoms with E-state index in [-0.39, 0.29) is 11.4 Å². The molecule has 0 atom stereocenters. The number of thioether (sulfide) groups is 3. The summed E-state index contributed by atoms with van der Waals surface area (Å²) in [5, 5.41) is 20.2. The fraction of sp³-hybridized carbons (Fsp3) is 0.556. The first-order valence-corrected chi connectivity index (χ1v) is 11.5. The molecule has 0 unspecified atom stereocenters. The molecule has 0 aliphatic carbocycles. The van der Waals surface area contributed by atoms with Crippen molar-refractivity contribution in [2.75, 3.05) is 0 Å². The monoisotopic (exact) mass is 426 g/mol. The lowest BCUT2D eigenvalue weighted by atomic mass is 9.79. The van der Waals surface area contributed by atoms with Crippen molar-refractivity contribution in [1.29, 1.82) is 0 Å². The van der Waals surface area contributed by atoms with E-state index < -0.39 is 9.85 Å². The number of hydrogen-bond donors (Lipinski definition) is 0. The molecule has 0 saturated carbocycles. The SMILES string of the molecule is CC.CC#CC12CC3SC(C1)SC(C2)S3.O=[N+]([O-])c1ccc([N+](=O)[O-])cc1. The van der Waals surface area contributed by atoms with Crippen LogP contribution in [0.5, 0.6) is 0 Å². The van der Waals surface area contributed by atoms with Gasteiger partial charge in [0.1, 0.15) is 0 Å². The van der Waals surface area contributed by atoms with Crippen LogP contribution in [0.3, 0.4) is 0 Å². The largest absolute Gasteiger partial charge is 0.269 e. The number of hydrogen-bond acceptors (Lipinski definition) is 7. The normalized spacial score (nSPS) is 29.2. The molecular formula is C18H22N2O4S3. The summed E-state index contributed by atoms with van der Waals surface area (Å²) in [6.45, 7) is 5.99. The van der Waals surface area contributed by atoms with E-state index in [2.05, 4.69) is 47.1 Å². The third-order valence-corrected chi connectivity index (χ3v) is 9.07. The van der Waals surface area contributed by atoms with Gasteiger partial charge in [0.15, 0.2) is 0 Å². The summed E-state index contributed by atoms with van der Waals surface area (Å²) in [4.78, 5) is 19.0. The lowest BCUT2D eigenvalue weighted by Gasteiger charge is -2.53. The Kier molecular flexibility index (Phi) is 7.89. The molecule has 4 heterocycles. The van der Waals surface area contributed by atoms with Crippen LogP contribution in [-0.2, 0) is 0 Å². The van der Waals surface area contributed by atoms with Crippen LogP contribution in [0.4, 0.5) is 11.4 Å².